The first kappa shape index (κ1) is 21.8. The van der Waals surface area contributed by atoms with Gasteiger partial charge in [0.15, 0.2) is 11.6 Å². The number of hydrogen-bond donors (Lipinski definition) is 1. The van der Waals surface area contributed by atoms with E-state index < -0.39 is 15.8 Å². The molecule has 0 fully saturated rings. The van der Waals surface area contributed by atoms with E-state index in [4.69, 9.17) is 4.74 Å². The molecule has 0 radical (unpaired) electrons. The Morgan fingerprint density at radius 1 is 1.18 bits per heavy atom. The van der Waals surface area contributed by atoms with Crippen molar-refractivity contribution in [2.75, 3.05) is 26.7 Å². The number of rotatable bonds is 9. The highest BCUT2D eigenvalue weighted by molar-refractivity contribution is 7.89. The van der Waals surface area contributed by atoms with Crippen LogP contribution < -0.4 is 9.46 Å². The number of hydrogen-bond acceptors (Lipinski definition) is 4. The number of ether oxygens (including phenoxy) is 1. The fourth-order valence-electron chi connectivity index (χ4n) is 2.54. The maximum Gasteiger partial charge on any atom is 0.240 e. The normalized spacial score (nSPS) is 11.3. The van der Waals surface area contributed by atoms with Gasteiger partial charge in [-0.05, 0) is 43.2 Å². The zero-order valence-corrected chi connectivity index (χ0v) is 17.1. The Morgan fingerprint density at radius 3 is 2.61 bits per heavy atom. The van der Waals surface area contributed by atoms with Crippen LogP contribution in [0.2, 0.25) is 0 Å². The van der Waals surface area contributed by atoms with E-state index in [9.17, 15) is 17.6 Å². The molecule has 1 amide bonds. The Morgan fingerprint density at radius 2 is 1.89 bits per heavy atom. The fraction of sp³-hybridized carbons (Fsp3) is 0.350. The quantitative estimate of drug-likeness (QED) is 0.692. The van der Waals surface area contributed by atoms with Crippen molar-refractivity contribution in [1.82, 2.24) is 9.62 Å². The molecule has 2 aromatic carbocycles. The van der Waals surface area contributed by atoms with E-state index in [1.165, 1.54) is 17.0 Å². The molecule has 0 aliphatic rings. The maximum absolute atomic E-state index is 13.5. The summed E-state index contributed by atoms with van der Waals surface area (Å²) in [6, 6.07) is 11.2. The molecular weight excluding hydrogens is 383 g/mol. The lowest BCUT2D eigenvalue weighted by Gasteiger charge is -2.18. The molecule has 0 spiro atoms. The van der Waals surface area contributed by atoms with Gasteiger partial charge in [-0.1, -0.05) is 24.3 Å². The third kappa shape index (κ3) is 6.03. The SMILES string of the molecule is Cc1ccc(C)c(S(=O)(=O)NCCC(=O)N(C)CCOc2ccccc2F)c1. The molecule has 0 atom stereocenters. The summed E-state index contributed by atoms with van der Waals surface area (Å²) < 4.78 is 46.1. The Bertz CT molecular complexity index is 932. The van der Waals surface area contributed by atoms with Crippen LogP contribution in [-0.2, 0) is 14.8 Å². The van der Waals surface area contributed by atoms with Crippen LogP contribution in [0.1, 0.15) is 17.5 Å². The lowest BCUT2D eigenvalue weighted by molar-refractivity contribution is -0.130. The summed E-state index contributed by atoms with van der Waals surface area (Å²) in [6.45, 7) is 3.93. The van der Waals surface area contributed by atoms with Crippen LogP contribution in [0.3, 0.4) is 0 Å². The number of benzene rings is 2. The molecule has 8 heteroatoms. The van der Waals surface area contributed by atoms with Crippen molar-refractivity contribution in [1.29, 1.82) is 0 Å². The summed E-state index contributed by atoms with van der Waals surface area (Å²) in [5, 5.41) is 0. The topological polar surface area (TPSA) is 75.7 Å². The van der Waals surface area contributed by atoms with Gasteiger partial charge in [0.1, 0.15) is 6.61 Å². The minimum atomic E-state index is -3.68. The zero-order chi connectivity index (χ0) is 20.7. The molecule has 0 saturated carbocycles. The number of halogens is 1. The van der Waals surface area contributed by atoms with Crippen molar-refractivity contribution >= 4 is 15.9 Å². The first-order valence-electron chi connectivity index (χ1n) is 8.89. The Kier molecular flexibility index (Phi) is 7.53. The monoisotopic (exact) mass is 408 g/mol. The average molecular weight is 408 g/mol. The van der Waals surface area contributed by atoms with Crippen molar-refractivity contribution in [2.45, 2.75) is 25.2 Å². The van der Waals surface area contributed by atoms with E-state index in [1.807, 2.05) is 13.0 Å². The molecule has 28 heavy (non-hydrogen) atoms. The number of nitrogens with one attached hydrogen (secondary N) is 1. The van der Waals surface area contributed by atoms with Crippen molar-refractivity contribution in [3.8, 4) is 5.75 Å². The molecule has 0 unspecified atom stereocenters. The molecular formula is C20H25FN2O4S. The summed E-state index contributed by atoms with van der Waals surface area (Å²) >= 11 is 0. The third-order valence-electron chi connectivity index (χ3n) is 4.21. The highest BCUT2D eigenvalue weighted by atomic mass is 32.2. The number of carbonyl (C=O) groups excluding carboxylic acids is 1. The predicted octanol–water partition coefficient (Wildman–Crippen LogP) is 2.65. The van der Waals surface area contributed by atoms with Crippen molar-refractivity contribution in [2.24, 2.45) is 0 Å². The molecule has 152 valence electrons. The maximum atomic E-state index is 13.5. The van der Waals surface area contributed by atoms with Gasteiger partial charge in [0.25, 0.3) is 0 Å². The highest BCUT2D eigenvalue weighted by Gasteiger charge is 2.18. The molecule has 0 bridgehead atoms. The van der Waals surface area contributed by atoms with Gasteiger partial charge < -0.3 is 9.64 Å². The van der Waals surface area contributed by atoms with E-state index in [0.29, 0.717) is 5.56 Å². The second-order valence-corrected chi connectivity index (χ2v) is 8.25. The molecule has 2 aromatic rings. The van der Waals surface area contributed by atoms with E-state index in [2.05, 4.69) is 4.72 Å². The largest absolute Gasteiger partial charge is 0.489 e. The number of amides is 1. The Hall–Kier alpha value is -2.45. The molecule has 6 nitrogen and oxygen atoms in total. The van der Waals surface area contributed by atoms with E-state index in [0.717, 1.165) is 5.56 Å². The van der Waals surface area contributed by atoms with E-state index in [1.54, 1.807) is 38.2 Å². The predicted molar refractivity (Wildman–Crippen MR) is 105 cm³/mol. The van der Waals surface area contributed by atoms with Crippen LogP contribution in [0, 0.1) is 19.7 Å². The minimum Gasteiger partial charge on any atom is -0.489 e. The molecule has 0 aromatic heterocycles. The van der Waals surface area contributed by atoms with Gasteiger partial charge in [0.05, 0.1) is 11.4 Å². The number of likely N-dealkylation sites (N-methyl/N-ethyl adjacent to an activating group) is 1. The zero-order valence-electron chi connectivity index (χ0n) is 16.2. The summed E-state index contributed by atoms with van der Waals surface area (Å²) in [4.78, 5) is 13.8. The first-order chi connectivity index (χ1) is 13.2. The molecule has 2 rings (SSSR count). The highest BCUT2D eigenvalue weighted by Crippen LogP contribution is 2.17. The average Bonchev–Trinajstić information content (AvgIpc) is 2.64. The van der Waals surface area contributed by atoms with Crippen molar-refractivity contribution in [3.63, 3.8) is 0 Å². The van der Waals surface area contributed by atoms with Crippen LogP contribution in [0.25, 0.3) is 0 Å². The van der Waals surface area contributed by atoms with Gasteiger partial charge in [-0.3, -0.25) is 4.79 Å². The molecule has 0 aliphatic heterocycles. The molecule has 0 saturated heterocycles. The Balaban J connectivity index is 1.79. The van der Waals surface area contributed by atoms with Crippen LogP contribution in [0.15, 0.2) is 47.4 Å². The van der Waals surface area contributed by atoms with Crippen LogP contribution in [0.5, 0.6) is 5.75 Å². The molecule has 0 aliphatic carbocycles. The summed E-state index contributed by atoms with van der Waals surface area (Å²) in [6.07, 6.45) is 0.0142. The van der Waals surface area contributed by atoms with E-state index >= 15 is 0 Å². The fourth-order valence-corrected chi connectivity index (χ4v) is 3.90. The van der Waals surface area contributed by atoms with Crippen LogP contribution in [0.4, 0.5) is 4.39 Å². The van der Waals surface area contributed by atoms with Crippen molar-refractivity contribution in [3.05, 3.63) is 59.4 Å². The van der Waals surface area contributed by atoms with Gasteiger partial charge in [0.2, 0.25) is 15.9 Å². The number of carbonyl (C=O) groups is 1. The third-order valence-corrected chi connectivity index (χ3v) is 5.81. The summed E-state index contributed by atoms with van der Waals surface area (Å²) in [5.74, 6) is -0.567. The molecule has 1 N–H and O–H groups in total. The van der Waals surface area contributed by atoms with Crippen molar-refractivity contribution < 1.29 is 22.3 Å². The van der Waals surface area contributed by atoms with E-state index in [-0.39, 0.29) is 42.7 Å². The lowest BCUT2D eigenvalue weighted by atomic mass is 10.2. The standard InChI is InChI=1S/C20H25FN2O4S/c1-15-8-9-16(2)19(14-15)28(25,26)22-11-10-20(24)23(3)12-13-27-18-7-5-4-6-17(18)21/h4-9,14,22H,10-13H2,1-3H3. The van der Waals surface area contributed by atoms with Crippen LogP contribution in [-0.4, -0.2) is 46.0 Å². The number of aryl methyl sites for hydroxylation is 2. The Labute approximate surface area is 165 Å². The second-order valence-electron chi connectivity index (χ2n) is 6.51. The minimum absolute atomic E-state index is 0.00689. The van der Waals surface area contributed by atoms with Gasteiger partial charge in [-0.25, -0.2) is 17.5 Å². The van der Waals surface area contributed by atoms with Gasteiger partial charge in [-0.2, -0.15) is 0 Å². The second kappa shape index (κ2) is 9.66. The van der Waals surface area contributed by atoms with Gasteiger partial charge in [0, 0.05) is 20.0 Å². The summed E-state index contributed by atoms with van der Waals surface area (Å²) in [7, 11) is -2.09. The van der Waals surface area contributed by atoms with Gasteiger partial charge in [-0.15, -0.1) is 0 Å². The number of para-hydroxylation sites is 1. The lowest BCUT2D eigenvalue weighted by Crippen LogP contribution is -2.34. The summed E-state index contributed by atoms with van der Waals surface area (Å²) in [5.41, 5.74) is 1.49. The van der Waals surface area contributed by atoms with Crippen LogP contribution >= 0.6 is 0 Å². The number of sulfonamides is 1. The first-order valence-corrected chi connectivity index (χ1v) is 10.4. The molecule has 0 heterocycles. The van der Waals surface area contributed by atoms with Gasteiger partial charge >= 0.3 is 0 Å². The number of nitrogens with zero attached hydrogens (tertiary/aromatic N) is 1. The smallest absolute Gasteiger partial charge is 0.240 e.